The van der Waals surface area contributed by atoms with Crippen LogP contribution in [0.25, 0.3) is 0 Å². The lowest BCUT2D eigenvalue weighted by molar-refractivity contribution is 0.483. The van der Waals surface area contributed by atoms with Crippen molar-refractivity contribution in [2.45, 2.75) is 4.90 Å². The van der Waals surface area contributed by atoms with Crippen LogP contribution in [0.15, 0.2) is 17.3 Å². The van der Waals surface area contributed by atoms with Crippen molar-refractivity contribution in [3.05, 3.63) is 22.4 Å². The molecule has 1 rings (SSSR count). The van der Waals surface area contributed by atoms with Gasteiger partial charge in [0.2, 0.25) is 0 Å². The molecule has 1 aromatic heterocycles. The molecule has 0 aliphatic heterocycles. The summed E-state index contributed by atoms with van der Waals surface area (Å²) in [5, 5.41) is -0.407. The molecule has 4 nitrogen and oxygen atoms in total. The highest BCUT2D eigenvalue weighted by Gasteiger charge is 2.18. The summed E-state index contributed by atoms with van der Waals surface area (Å²) in [6, 6.07) is 0. The SMILES string of the molecule is O=S(=O)(O)c1c(Cl)cncc1Cl. The number of hydrogen-bond acceptors (Lipinski definition) is 3. The molecule has 0 fully saturated rings. The molecule has 0 saturated heterocycles. The third-order valence-corrected chi connectivity index (χ3v) is 2.82. The lowest BCUT2D eigenvalue weighted by Gasteiger charge is -2.00. The molecule has 66 valence electrons. The van der Waals surface area contributed by atoms with Crippen LogP contribution in [0.3, 0.4) is 0 Å². The van der Waals surface area contributed by atoms with Gasteiger partial charge in [-0.05, 0) is 0 Å². The van der Waals surface area contributed by atoms with Gasteiger partial charge in [0.25, 0.3) is 10.1 Å². The van der Waals surface area contributed by atoms with Crippen LogP contribution in [0, 0.1) is 0 Å². The lowest BCUT2D eigenvalue weighted by Crippen LogP contribution is -2.00. The first-order valence-corrected chi connectivity index (χ1v) is 4.89. The fourth-order valence-corrected chi connectivity index (χ4v) is 2.19. The second kappa shape index (κ2) is 3.18. The molecule has 0 spiro atoms. The molecule has 0 amide bonds. The Morgan fingerprint density at radius 2 is 1.67 bits per heavy atom. The minimum atomic E-state index is -4.37. The lowest BCUT2D eigenvalue weighted by atomic mass is 10.5. The number of aromatic nitrogens is 1. The average Bonchev–Trinajstić information content (AvgIpc) is 1.82. The zero-order valence-corrected chi connectivity index (χ0v) is 7.86. The fraction of sp³-hybridized carbons (Fsp3) is 0. The van der Waals surface area contributed by atoms with Gasteiger partial charge in [0.1, 0.15) is 4.90 Å². The van der Waals surface area contributed by atoms with Gasteiger partial charge >= 0.3 is 0 Å². The summed E-state index contributed by atoms with van der Waals surface area (Å²) in [7, 11) is -4.37. The highest BCUT2D eigenvalue weighted by Crippen LogP contribution is 2.26. The van der Waals surface area contributed by atoms with E-state index < -0.39 is 15.0 Å². The van der Waals surface area contributed by atoms with Crippen molar-refractivity contribution in [3.8, 4) is 0 Å². The van der Waals surface area contributed by atoms with Gasteiger partial charge in [-0.3, -0.25) is 9.54 Å². The number of pyridine rings is 1. The van der Waals surface area contributed by atoms with Gasteiger partial charge in [-0.15, -0.1) is 0 Å². The monoisotopic (exact) mass is 227 g/mol. The first-order chi connectivity index (χ1) is 5.43. The molecule has 1 heterocycles. The first-order valence-electron chi connectivity index (χ1n) is 2.69. The van der Waals surface area contributed by atoms with Crippen LogP contribution in [0.1, 0.15) is 0 Å². The van der Waals surface area contributed by atoms with Crippen molar-refractivity contribution in [2.24, 2.45) is 0 Å². The van der Waals surface area contributed by atoms with Gasteiger partial charge < -0.3 is 0 Å². The van der Waals surface area contributed by atoms with Gasteiger partial charge in [-0.1, -0.05) is 23.2 Å². The van der Waals surface area contributed by atoms with Crippen molar-refractivity contribution in [2.75, 3.05) is 0 Å². The molecular weight excluding hydrogens is 225 g/mol. The number of nitrogens with zero attached hydrogens (tertiary/aromatic N) is 1. The van der Waals surface area contributed by atoms with Crippen LogP contribution in [-0.2, 0) is 10.1 Å². The average molecular weight is 228 g/mol. The van der Waals surface area contributed by atoms with Gasteiger partial charge in [-0.25, -0.2) is 0 Å². The second-order valence-electron chi connectivity index (χ2n) is 1.91. The molecule has 1 aromatic rings. The van der Waals surface area contributed by atoms with Crippen LogP contribution in [0.5, 0.6) is 0 Å². The topological polar surface area (TPSA) is 67.3 Å². The van der Waals surface area contributed by atoms with E-state index in [1.165, 1.54) is 0 Å². The molecule has 0 radical (unpaired) electrons. The quantitative estimate of drug-likeness (QED) is 0.741. The fourth-order valence-electron chi connectivity index (χ4n) is 0.646. The molecular formula is C5H3Cl2NO3S. The van der Waals surface area contributed by atoms with E-state index in [9.17, 15) is 8.42 Å². The maximum absolute atomic E-state index is 10.6. The molecule has 7 heteroatoms. The Morgan fingerprint density at radius 3 is 1.92 bits per heavy atom. The van der Waals surface area contributed by atoms with Crippen molar-refractivity contribution in [3.63, 3.8) is 0 Å². The summed E-state index contributed by atoms with van der Waals surface area (Å²) in [5.74, 6) is 0. The summed E-state index contributed by atoms with van der Waals surface area (Å²) in [4.78, 5) is 3.01. The van der Waals surface area contributed by atoms with E-state index in [-0.39, 0.29) is 10.0 Å². The van der Waals surface area contributed by atoms with Crippen LogP contribution in [0.2, 0.25) is 10.0 Å². The summed E-state index contributed by atoms with van der Waals surface area (Å²) < 4.78 is 29.9. The highest BCUT2D eigenvalue weighted by molar-refractivity contribution is 7.86. The van der Waals surface area contributed by atoms with Crippen LogP contribution in [0.4, 0.5) is 0 Å². The van der Waals surface area contributed by atoms with E-state index in [0.29, 0.717) is 0 Å². The smallest absolute Gasteiger partial charge is 0.282 e. The molecule has 0 aromatic carbocycles. The number of rotatable bonds is 1. The Morgan fingerprint density at radius 1 is 1.25 bits per heavy atom. The summed E-state index contributed by atoms with van der Waals surface area (Å²) >= 11 is 10.9. The normalized spacial score (nSPS) is 11.6. The number of halogens is 2. The predicted octanol–water partition coefficient (Wildman–Crippen LogP) is 1.64. The van der Waals surface area contributed by atoms with Crippen molar-refractivity contribution >= 4 is 33.3 Å². The Labute approximate surface area is 78.9 Å². The van der Waals surface area contributed by atoms with Crippen LogP contribution in [-0.4, -0.2) is 18.0 Å². The van der Waals surface area contributed by atoms with E-state index in [1.54, 1.807) is 0 Å². The van der Waals surface area contributed by atoms with Gasteiger partial charge in [0.05, 0.1) is 10.0 Å². The van der Waals surface area contributed by atoms with E-state index >= 15 is 0 Å². The zero-order valence-electron chi connectivity index (χ0n) is 5.53. The highest BCUT2D eigenvalue weighted by atomic mass is 35.5. The Bertz CT molecular complexity index is 383. The van der Waals surface area contributed by atoms with Gasteiger partial charge in [0, 0.05) is 12.4 Å². The summed E-state index contributed by atoms with van der Waals surface area (Å²) in [6.07, 6.45) is 2.16. The Hall–Kier alpha value is -0.360. The largest absolute Gasteiger partial charge is 0.297 e. The standard InChI is InChI=1S/C5H3Cl2NO3S/c6-3-1-8-2-4(7)5(3)12(9,10)11/h1-2H,(H,9,10,11). The minimum Gasteiger partial charge on any atom is -0.282 e. The summed E-state index contributed by atoms with van der Waals surface area (Å²) in [5.41, 5.74) is 0. The Kier molecular flexibility index (Phi) is 2.58. The summed E-state index contributed by atoms with van der Waals surface area (Å²) in [6.45, 7) is 0. The van der Waals surface area contributed by atoms with E-state index in [2.05, 4.69) is 4.98 Å². The Balaban J connectivity index is 3.53. The molecule has 0 aliphatic rings. The van der Waals surface area contributed by atoms with E-state index in [0.717, 1.165) is 12.4 Å². The minimum absolute atomic E-state index is 0.204. The van der Waals surface area contributed by atoms with Crippen molar-refractivity contribution in [1.82, 2.24) is 4.98 Å². The third-order valence-electron chi connectivity index (χ3n) is 1.07. The number of hydrogen-bond donors (Lipinski definition) is 1. The van der Waals surface area contributed by atoms with Crippen LogP contribution < -0.4 is 0 Å². The van der Waals surface area contributed by atoms with Gasteiger partial charge in [0.15, 0.2) is 0 Å². The predicted molar refractivity (Wildman–Crippen MR) is 44.1 cm³/mol. The van der Waals surface area contributed by atoms with Crippen molar-refractivity contribution in [1.29, 1.82) is 0 Å². The maximum Gasteiger partial charge on any atom is 0.297 e. The zero-order chi connectivity index (χ0) is 9.35. The van der Waals surface area contributed by atoms with Crippen molar-refractivity contribution < 1.29 is 13.0 Å². The second-order valence-corrected chi connectivity index (χ2v) is 4.08. The first kappa shape index (κ1) is 9.73. The molecule has 12 heavy (non-hydrogen) atoms. The van der Waals surface area contributed by atoms with E-state index in [1.807, 2.05) is 0 Å². The molecule has 0 atom stereocenters. The molecule has 0 bridgehead atoms. The third kappa shape index (κ3) is 1.87. The van der Waals surface area contributed by atoms with Crippen LogP contribution >= 0.6 is 23.2 Å². The molecule has 0 saturated carbocycles. The maximum atomic E-state index is 10.6. The van der Waals surface area contributed by atoms with E-state index in [4.69, 9.17) is 27.8 Å². The molecule has 1 N–H and O–H groups in total. The molecule has 0 unspecified atom stereocenters. The molecule has 0 aliphatic carbocycles. The van der Waals surface area contributed by atoms with Gasteiger partial charge in [-0.2, -0.15) is 8.42 Å².